The average Bonchev–Trinajstić information content (AvgIpc) is 3.67. The molecule has 214 valence electrons. The topological polar surface area (TPSA) is 131 Å². The van der Waals surface area contributed by atoms with Gasteiger partial charge in [-0.05, 0) is 30.5 Å². The fourth-order valence-electron chi connectivity index (χ4n) is 4.04. The number of carboxylic acid groups (broad SMARTS) is 2. The number of hydrogen-bond donors (Lipinski definition) is 2. The zero-order valence-corrected chi connectivity index (χ0v) is 22.6. The van der Waals surface area contributed by atoms with Gasteiger partial charge in [0.25, 0.3) is 5.89 Å². The summed E-state index contributed by atoms with van der Waals surface area (Å²) in [5.74, 6) is -1.38. The molecule has 0 aliphatic rings. The number of carboxylic acids is 2. The van der Waals surface area contributed by atoms with Gasteiger partial charge in [0.2, 0.25) is 5.82 Å². The van der Waals surface area contributed by atoms with Gasteiger partial charge in [-0.3, -0.25) is 14.3 Å². The summed E-state index contributed by atoms with van der Waals surface area (Å²) in [6.45, 7) is 2.27. The van der Waals surface area contributed by atoms with Crippen molar-refractivity contribution in [3.63, 3.8) is 0 Å². The van der Waals surface area contributed by atoms with Crippen molar-refractivity contribution in [2.24, 2.45) is 0 Å². The summed E-state index contributed by atoms with van der Waals surface area (Å²) in [5, 5.41) is 25.8. The number of rotatable bonds is 9. The summed E-state index contributed by atoms with van der Waals surface area (Å²) in [5.41, 5.74) is 1.88. The van der Waals surface area contributed by atoms with Crippen LogP contribution in [0.25, 0.3) is 44.2 Å². The first-order chi connectivity index (χ1) is 19.6. The molecule has 0 aliphatic carbocycles. The van der Waals surface area contributed by atoms with Crippen LogP contribution >= 0.6 is 11.3 Å². The Kier molecular flexibility index (Phi) is 9.17. The van der Waals surface area contributed by atoms with Crippen LogP contribution in [0.5, 0.6) is 0 Å². The van der Waals surface area contributed by atoms with Gasteiger partial charge in [-0.25, -0.2) is 0 Å². The van der Waals surface area contributed by atoms with Crippen LogP contribution in [0.3, 0.4) is 0 Å². The van der Waals surface area contributed by atoms with Gasteiger partial charge >= 0.3 is 18.1 Å². The third kappa shape index (κ3) is 7.17. The number of alkyl halides is 3. The average molecular weight is 587 g/mol. The Balaban J connectivity index is 0.000000585. The highest BCUT2D eigenvalue weighted by Gasteiger charge is 2.37. The molecule has 0 saturated heterocycles. The van der Waals surface area contributed by atoms with Crippen LogP contribution in [-0.2, 0) is 22.3 Å². The summed E-state index contributed by atoms with van der Waals surface area (Å²) in [4.78, 5) is 24.2. The second kappa shape index (κ2) is 12.8. The summed E-state index contributed by atoms with van der Waals surface area (Å²) >= 11 is 0.556. The van der Waals surface area contributed by atoms with Crippen LogP contribution in [-0.4, -0.2) is 42.1 Å². The minimum absolute atomic E-state index is 0.0106. The Morgan fingerprint density at radius 1 is 1.00 bits per heavy atom. The molecule has 3 heterocycles. The van der Waals surface area contributed by atoms with E-state index >= 15 is 0 Å². The maximum atomic E-state index is 13.7. The third-order valence-electron chi connectivity index (χ3n) is 5.86. The van der Waals surface area contributed by atoms with E-state index in [1.165, 1.54) is 6.07 Å². The second-order valence-corrected chi connectivity index (χ2v) is 9.94. The molecule has 0 amide bonds. The van der Waals surface area contributed by atoms with Crippen LogP contribution in [0, 0.1) is 0 Å². The maximum Gasteiger partial charge on any atom is 0.426 e. The van der Waals surface area contributed by atoms with Crippen molar-refractivity contribution in [1.29, 1.82) is 0 Å². The Labute approximate surface area is 235 Å². The lowest BCUT2D eigenvalue weighted by Gasteiger charge is -2.07. The van der Waals surface area contributed by atoms with Crippen molar-refractivity contribution >= 4 is 34.2 Å². The van der Waals surface area contributed by atoms with Gasteiger partial charge in [0.05, 0.1) is 16.6 Å². The van der Waals surface area contributed by atoms with Crippen LogP contribution in [0.2, 0.25) is 0 Å². The molecule has 0 bridgehead atoms. The minimum atomic E-state index is -4.53. The fraction of sp³-hybridized carbons (Fsp3) is 0.250. The molecule has 0 saturated carbocycles. The van der Waals surface area contributed by atoms with E-state index in [0.717, 1.165) is 17.3 Å². The molecule has 41 heavy (non-hydrogen) atoms. The van der Waals surface area contributed by atoms with Gasteiger partial charge in [0.15, 0.2) is 0 Å². The molecule has 0 aliphatic heterocycles. The molecule has 9 nitrogen and oxygen atoms in total. The Morgan fingerprint density at radius 3 is 2.37 bits per heavy atom. The fourth-order valence-corrected chi connectivity index (χ4v) is 5.01. The molecule has 2 N–H and O–H groups in total. The van der Waals surface area contributed by atoms with Crippen LogP contribution in [0.4, 0.5) is 13.2 Å². The normalized spacial score (nSPS) is 11.3. The number of carbonyl (C=O) groups is 2. The largest absolute Gasteiger partial charge is 0.481 e. The molecule has 5 rings (SSSR count). The Hall–Kier alpha value is -4.52. The maximum absolute atomic E-state index is 13.7. The molecule has 0 radical (unpaired) electrons. The van der Waals surface area contributed by atoms with Crippen molar-refractivity contribution in [3.8, 4) is 33.3 Å². The van der Waals surface area contributed by atoms with Crippen molar-refractivity contribution in [1.82, 2.24) is 19.9 Å². The summed E-state index contributed by atoms with van der Waals surface area (Å²) in [7, 11) is 0. The second-order valence-electron chi connectivity index (χ2n) is 8.89. The number of fused-ring (bicyclic) bond motifs is 1. The Bertz CT molecular complexity index is 1640. The zero-order valence-electron chi connectivity index (χ0n) is 21.8. The minimum Gasteiger partial charge on any atom is -0.481 e. The van der Waals surface area contributed by atoms with E-state index in [4.69, 9.17) is 14.7 Å². The Morgan fingerprint density at radius 2 is 1.73 bits per heavy atom. The number of thiophene rings is 1. The van der Waals surface area contributed by atoms with Crippen molar-refractivity contribution in [3.05, 3.63) is 65.7 Å². The lowest BCUT2D eigenvalue weighted by Crippen LogP contribution is -2.03. The van der Waals surface area contributed by atoms with Gasteiger partial charge in [0.1, 0.15) is 4.88 Å². The summed E-state index contributed by atoms with van der Waals surface area (Å²) < 4.78 is 48.3. The monoisotopic (exact) mass is 586 g/mol. The van der Waals surface area contributed by atoms with Gasteiger partial charge in [0, 0.05) is 35.9 Å². The molecular formula is C28H25F3N4O5S. The zero-order chi connectivity index (χ0) is 29.6. The molecule has 5 aromatic rings. The van der Waals surface area contributed by atoms with Crippen molar-refractivity contribution < 1.29 is 37.5 Å². The SMILES string of the molecule is CCCC(=O)O.O=C(O)CCCn1ncc2c(-c3noc(-c4cc(-c5ccccc5)c(C(F)(F)F)s4)n3)cccc21. The van der Waals surface area contributed by atoms with Crippen molar-refractivity contribution in [2.45, 2.75) is 45.3 Å². The highest BCUT2D eigenvalue weighted by Crippen LogP contribution is 2.45. The quantitative estimate of drug-likeness (QED) is 0.185. The number of hydrogen-bond acceptors (Lipinski definition) is 7. The molecule has 3 aromatic heterocycles. The molecule has 0 spiro atoms. The van der Waals surface area contributed by atoms with E-state index in [0.29, 0.717) is 41.9 Å². The predicted octanol–water partition coefficient (Wildman–Crippen LogP) is 7.24. The van der Waals surface area contributed by atoms with E-state index in [2.05, 4.69) is 15.2 Å². The summed E-state index contributed by atoms with van der Waals surface area (Å²) in [6, 6.07) is 15.2. The number of aromatic nitrogens is 4. The number of halogens is 3. The molecule has 0 atom stereocenters. The van der Waals surface area contributed by atoms with Gasteiger partial charge in [-0.2, -0.15) is 23.3 Å². The van der Waals surface area contributed by atoms with Gasteiger partial charge in [-0.15, -0.1) is 11.3 Å². The van der Waals surface area contributed by atoms with Crippen LogP contribution in [0.1, 0.15) is 37.5 Å². The van der Waals surface area contributed by atoms with E-state index in [1.807, 2.05) is 13.0 Å². The lowest BCUT2D eigenvalue weighted by atomic mass is 10.1. The van der Waals surface area contributed by atoms with Crippen LogP contribution in [0.15, 0.2) is 65.3 Å². The molecular weight excluding hydrogens is 561 g/mol. The first kappa shape index (κ1) is 29.5. The predicted molar refractivity (Wildman–Crippen MR) is 146 cm³/mol. The third-order valence-corrected chi connectivity index (χ3v) is 7.03. The van der Waals surface area contributed by atoms with Crippen molar-refractivity contribution in [2.75, 3.05) is 0 Å². The molecule has 0 fully saturated rings. The highest BCUT2D eigenvalue weighted by molar-refractivity contribution is 7.16. The van der Waals surface area contributed by atoms with E-state index in [-0.39, 0.29) is 28.6 Å². The van der Waals surface area contributed by atoms with E-state index in [1.54, 1.807) is 53.3 Å². The number of aliphatic carboxylic acids is 2. The first-order valence-electron chi connectivity index (χ1n) is 12.6. The van der Waals surface area contributed by atoms with Crippen LogP contribution < -0.4 is 0 Å². The first-order valence-corrected chi connectivity index (χ1v) is 13.4. The molecule has 2 aromatic carbocycles. The number of nitrogens with zero attached hydrogens (tertiary/aromatic N) is 4. The van der Waals surface area contributed by atoms with Gasteiger partial charge < -0.3 is 14.7 Å². The van der Waals surface area contributed by atoms with E-state index in [9.17, 15) is 22.8 Å². The summed E-state index contributed by atoms with van der Waals surface area (Å²) in [6.07, 6.45) is -1.43. The molecule has 13 heteroatoms. The molecule has 0 unspecified atom stereocenters. The number of aryl methyl sites for hydroxylation is 1. The number of benzene rings is 2. The smallest absolute Gasteiger partial charge is 0.426 e. The standard InChI is InChI=1S/C24H17F3N4O3S.C4H8O2/c25-24(26,27)21-16(14-6-2-1-3-7-14)12-19(35-21)23-29-22(30-34-23)15-8-4-9-18-17(15)13-28-31(18)11-5-10-20(32)33;1-2-3-4(5)6/h1-4,6-9,12-13H,5,10-11H2,(H,32,33);2-3H2,1H3,(H,5,6). The van der Waals surface area contributed by atoms with Gasteiger partial charge in [-0.1, -0.05) is 54.5 Å². The lowest BCUT2D eigenvalue weighted by molar-refractivity contribution is -0.138. The highest BCUT2D eigenvalue weighted by atomic mass is 32.1. The van der Waals surface area contributed by atoms with E-state index < -0.39 is 23.0 Å².